The zero-order valence-corrected chi connectivity index (χ0v) is 12.3. The monoisotopic (exact) mass is 366 g/mol. The van der Waals surface area contributed by atoms with Gasteiger partial charge in [0.15, 0.2) is 0 Å². The maximum absolute atomic E-state index is 11.9. The molecule has 17 heavy (non-hydrogen) atoms. The van der Waals surface area contributed by atoms with Gasteiger partial charge in [0.1, 0.15) is 0 Å². The second-order valence-corrected chi connectivity index (χ2v) is 5.41. The van der Waals surface area contributed by atoms with Crippen molar-refractivity contribution < 1.29 is 4.79 Å². The van der Waals surface area contributed by atoms with E-state index in [1.807, 2.05) is 24.3 Å². The smallest absolute Gasteiger partial charge is 0.251 e. The summed E-state index contributed by atoms with van der Waals surface area (Å²) in [6, 6.07) is 7.70. The first-order valence-electron chi connectivity index (χ1n) is 5.47. The van der Waals surface area contributed by atoms with Gasteiger partial charge in [0.2, 0.25) is 0 Å². The van der Waals surface area contributed by atoms with Gasteiger partial charge in [-0.15, -0.1) is 12.4 Å². The van der Waals surface area contributed by atoms with Crippen molar-refractivity contribution in [1.82, 2.24) is 5.32 Å². The van der Waals surface area contributed by atoms with E-state index in [1.165, 1.54) is 12.8 Å². The van der Waals surface area contributed by atoms with Crippen molar-refractivity contribution in [1.29, 1.82) is 0 Å². The molecule has 2 rings (SSSR count). The summed E-state index contributed by atoms with van der Waals surface area (Å²) in [5.41, 5.74) is 6.36. The Morgan fingerprint density at radius 1 is 1.41 bits per heavy atom. The van der Waals surface area contributed by atoms with Gasteiger partial charge in [-0.05, 0) is 65.6 Å². The third-order valence-electron chi connectivity index (χ3n) is 2.87. The third-order valence-corrected chi connectivity index (χ3v) is 3.59. The Labute approximate surface area is 121 Å². The van der Waals surface area contributed by atoms with E-state index in [0.717, 1.165) is 3.57 Å². The molecule has 1 aromatic rings. The van der Waals surface area contributed by atoms with E-state index in [0.29, 0.717) is 18.0 Å². The van der Waals surface area contributed by atoms with Crippen LogP contribution in [0, 0.1) is 9.49 Å². The van der Waals surface area contributed by atoms with E-state index in [4.69, 9.17) is 5.73 Å². The van der Waals surface area contributed by atoms with Gasteiger partial charge in [0.05, 0.1) is 0 Å². The molecular weight excluding hydrogens is 351 g/mol. The van der Waals surface area contributed by atoms with E-state index in [9.17, 15) is 4.79 Å². The Hall–Kier alpha value is -0.330. The average molecular weight is 367 g/mol. The van der Waals surface area contributed by atoms with Gasteiger partial charge >= 0.3 is 0 Å². The number of hydrogen-bond acceptors (Lipinski definition) is 2. The number of hydrogen-bond donors (Lipinski definition) is 2. The van der Waals surface area contributed by atoms with Gasteiger partial charge in [0.25, 0.3) is 5.91 Å². The third kappa shape index (κ3) is 4.12. The van der Waals surface area contributed by atoms with Crippen molar-refractivity contribution in [3.8, 4) is 0 Å². The van der Waals surface area contributed by atoms with Crippen molar-refractivity contribution in [3.63, 3.8) is 0 Å². The van der Waals surface area contributed by atoms with Crippen LogP contribution in [0.3, 0.4) is 0 Å². The molecule has 1 aromatic carbocycles. The predicted molar refractivity (Wildman–Crippen MR) is 79.4 cm³/mol. The van der Waals surface area contributed by atoms with Crippen LogP contribution >= 0.6 is 35.0 Å². The van der Waals surface area contributed by atoms with E-state index < -0.39 is 0 Å². The van der Waals surface area contributed by atoms with Crippen molar-refractivity contribution in [3.05, 3.63) is 33.4 Å². The van der Waals surface area contributed by atoms with Crippen molar-refractivity contribution >= 4 is 40.9 Å². The number of carbonyl (C=O) groups is 1. The number of amides is 1. The molecule has 0 spiro atoms. The van der Waals surface area contributed by atoms with Crippen molar-refractivity contribution in [2.24, 2.45) is 11.7 Å². The summed E-state index contributed by atoms with van der Waals surface area (Å²) in [6.07, 6.45) is 2.38. The molecule has 1 saturated carbocycles. The quantitative estimate of drug-likeness (QED) is 0.803. The minimum Gasteiger partial charge on any atom is -0.348 e. The maximum atomic E-state index is 11.9. The first kappa shape index (κ1) is 14.7. The lowest BCUT2D eigenvalue weighted by molar-refractivity contribution is 0.0933. The average Bonchev–Trinajstić information content (AvgIpc) is 3.10. The number of nitrogens with one attached hydrogen (secondary N) is 1. The van der Waals surface area contributed by atoms with E-state index in [-0.39, 0.29) is 24.4 Å². The summed E-state index contributed by atoms with van der Waals surface area (Å²) in [4.78, 5) is 11.9. The lowest BCUT2D eigenvalue weighted by Crippen LogP contribution is -2.41. The Morgan fingerprint density at radius 2 is 2.00 bits per heavy atom. The van der Waals surface area contributed by atoms with Gasteiger partial charge in [-0.2, -0.15) is 0 Å². The van der Waals surface area contributed by atoms with Gasteiger partial charge in [-0.25, -0.2) is 0 Å². The Balaban J connectivity index is 0.00000144. The largest absolute Gasteiger partial charge is 0.348 e. The summed E-state index contributed by atoms with van der Waals surface area (Å²) in [5.74, 6) is 0.580. The van der Waals surface area contributed by atoms with Crippen LogP contribution < -0.4 is 11.1 Å². The lowest BCUT2D eigenvalue weighted by Gasteiger charge is -2.15. The normalized spacial score (nSPS) is 15.9. The molecular formula is C12H16ClIN2O. The van der Waals surface area contributed by atoms with Crippen LogP contribution in [-0.4, -0.2) is 18.5 Å². The zero-order valence-electron chi connectivity index (χ0n) is 9.36. The summed E-state index contributed by atoms with van der Waals surface area (Å²) < 4.78 is 1.13. The summed E-state index contributed by atoms with van der Waals surface area (Å²) >= 11 is 2.22. The van der Waals surface area contributed by atoms with E-state index in [2.05, 4.69) is 27.9 Å². The highest BCUT2D eigenvalue weighted by Gasteiger charge is 2.31. The van der Waals surface area contributed by atoms with Crippen LogP contribution in [0.4, 0.5) is 0 Å². The standard InChI is InChI=1S/C12H15IN2O.ClH/c13-10-5-3-9(4-6-10)12(16)15-11(7-14)8-1-2-8;/h3-6,8,11H,1-2,7,14H2,(H,15,16);1H. The van der Waals surface area contributed by atoms with Crippen LogP contribution in [0.25, 0.3) is 0 Å². The maximum Gasteiger partial charge on any atom is 0.251 e. The van der Waals surface area contributed by atoms with Gasteiger partial charge < -0.3 is 11.1 Å². The van der Waals surface area contributed by atoms with Crippen molar-refractivity contribution in [2.45, 2.75) is 18.9 Å². The molecule has 0 saturated heterocycles. The van der Waals surface area contributed by atoms with Gasteiger partial charge in [-0.3, -0.25) is 4.79 Å². The molecule has 3 N–H and O–H groups in total. The van der Waals surface area contributed by atoms with Crippen LogP contribution in [0.15, 0.2) is 24.3 Å². The van der Waals surface area contributed by atoms with E-state index in [1.54, 1.807) is 0 Å². The minimum absolute atomic E-state index is 0. The number of benzene rings is 1. The first-order chi connectivity index (χ1) is 7.70. The molecule has 1 aliphatic carbocycles. The zero-order chi connectivity index (χ0) is 11.5. The van der Waals surface area contributed by atoms with Crippen LogP contribution in [0.5, 0.6) is 0 Å². The molecule has 1 amide bonds. The minimum atomic E-state index is -0.0150. The number of halogens is 2. The molecule has 0 bridgehead atoms. The fraction of sp³-hybridized carbons (Fsp3) is 0.417. The molecule has 0 radical (unpaired) electrons. The summed E-state index contributed by atoms with van der Waals surface area (Å²) in [7, 11) is 0. The molecule has 0 heterocycles. The van der Waals surface area contributed by atoms with Crippen LogP contribution in [0.1, 0.15) is 23.2 Å². The molecule has 3 nitrogen and oxygen atoms in total. The fourth-order valence-corrected chi connectivity index (χ4v) is 2.08. The number of rotatable bonds is 4. The summed E-state index contributed by atoms with van der Waals surface area (Å²) in [6.45, 7) is 0.529. The van der Waals surface area contributed by atoms with Crippen molar-refractivity contribution in [2.75, 3.05) is 6.54 Å². The number of nitrogens with two attached hydrogens (primary N) is 1. The highest BCUT2D eigenvalue weighted by atomic mass is 127. The molecule has 5 heteroatoms. The molecule has 94 valence electrons. The van der Waals surface area contributed by atoms with Crippen LogP contribution in [-0.2, 0) is 0 Å². The molecule has 1 atom stereocenters. The molecule has 1 unspecified atom stereocenters. The lowest BCUT2D eigenvalue weighted by atomic mass is 10.1. The van der Waals surface area contributed by atoms with Gasteiger partial charge in [-0.1, -0.05) is 0 Å². The van der Waals surface area contributed by atoms with E-state index >= 15 is 0 Å². The topological polar surface area (TPSA) is 55.1 Å². The number of carbonyl (C=O) groups excluding carboxylic acids is 1. The molecule has 0 aromatic heterocycles. The Bertz CT molecular complexity index is 379. The Morgan fingerprint density at radius 3 is 2.47 bits per heavy atom. The van der Waals surface area contributed by atoms with Gasteiger partial charge in [0, 0.05) is 21.7 Å². The fourth-order valence-electron chi connectivity index (χ4n) is 1.72. The highest BCUT2D eigenvalue weighted by molar-refractivity contribution is 14.1. The SMILES string of the molecule is Cl.NCC(NC(=O)c1ccc(I)cc1)C1CC1. The first-order valence-corrected chi connectivity index (χ1v) is 6.55. The second kappa shape index (κ2) is 6.56. The summed E-state index contributed by atoms with van der Waals surface area (Å²) in [5, 5.41) is 3.00. The molecule has 0 aliphatic heterocycles. The Kier molecular flexibility index (Phi) is 5.69. The molecule has 1 fully saturated rings. The second-order valence-electron chi connectivity index (χ2n) is 4.16. The predicted octanol–water partition coefficient (Wildman–Crippen LogP) is 2.18. The van der Waals surface area contributed by atoms with Crippen LogP contribution in [0.2, 0.25) is 0 Å². The molecule has 1 aliphatic rings. The highest BCUT2D eigenvalue weighted by Crippen LogP contribution is 2.32.